The van der Waals surface area contributed by atoms with Gasteiger partial charge in [-0.1, -0.05) is 23.2 Å². The van der Waals surface area contributed by atoms with Crippen molar-refractivity contribution in [3.8, 4) is 0 Å². The number of sulfonamides is 1. The maximum absolute atomic E-state index is 12.8. The molecule has 21 heavy (non-hydrogen) atoms. The first-order chi connectivity index (χ1) is 9.83. The van der Waals surface area contributed by atoms with E-state index in [4.69, 9.17) is 28.3 Å². The SMILES string of the molecule is O=S(=O)(Nc1ccc(F)cc1)c1cc(CO)c(Cl)cc1Cl. The molecule has 0 heterocycles. The molecule has 0 atom stereocenters. The molecule has 0 saturated heterocycles. The summed E-state index contributed by atoms with van der Waals surface area (Å²) in [6.45, 7) is -0.422. The Morgan fingerprint density at radius 2 is 1.71 bits per heavy atom. The molecule has 2 aromatic rings. The van der Waals surface area contributed by atoms with Gasteiger partial charge < -0.3 is 5.11 Å². The van der Waals surface area contributed by atoms with Gasteiger partial charge in [-0.15, -0.1) is 0 Å². The summed E-state index contributed by atoms with van der Waals surface area (Å²) < 4.78 is 39.6. The average Bonchev–Trinajstić information content (AvgIpc) is 2.41. The van der Waals surface area contributed by atoms with E-state index >= 15 is 0 Å². The van der Waals surface area contributed by atoms with Crippen LogP contribution in [0, 0.1) is 5.82 Å². The first kappa shape index (κ1) is 16.0. The molecule has 0 unspecified atom stereocenters. The van der Waals surface area contributed by atoms with Crippen LogP contribution in [0.3, 0.4) is 0 Å². The van der Waals surface area contributed by atoms with Crippen LogP contribution in [0.15, 0.2) is 41.3 Å². The standard InChI is InChI=1S/C13H10Cl2FNO3S/c14-11-6-12(15)13(5-8(11)7-18)21(19,20)17-10-3-1-9(16)2-4-10/h1-6,17-18H,7H2. The molecule has 2 rings (SSSR count). The zero-order chi connectivity index (χ0) is 15.6. The number of halogens is 3. The van der Waals surface area contributed by atoms with E-state index in [9.17, 15) is 12.8 Å². The fourth-order valence-corrected chi connectivity index (χ4v) is 3.54. The van der Waals surface area contributed by atoms with E-state index in [1.54, 1.807) is 0 Å². The van der Waals surface area contributed by atoms with Crippen molar-refractivity contribution in [3.05, 3.63) is 57.8 Å². The highest BCUT2D eigenvalue weighted by molar-refractivity contribution is 7.92. The molecule has 8 heteroatoms. The van der Waals surface area contributed by atoms with Crippen LogP contribution in [0.1, 0.15) is 5.56 Å². The number of hydrogen-bond acceptors (Lipinski definition) is 3. The minimum absolute atomic E-state index is 0.0770. The number of aliphatic hydroxyl groups excluding tert-OH is 1. The van der Waals surface area contributed by atoms with Crippen molar-refractivity contribution in [2.24, 2.45) is 0 Å². The van der Waals surface area contributed by atoms with Crippen LogP contribution in [0.25, 0.3) is 0 Å². The quantitative estimate of drug-likeness (QED) is 0.888. The zero-order valence-corrected chi connectivity index (χ0v) is 12.8. The molecule has 0 aliphatic carbocycles. The largest absolute Gasteiger partial charge is 0.392 e. The molecule has 4 nitrogen and oxygen atoms in total. The van der Waals surface area contributed by atoms with Crippen LogP contribution in [0.4, 0.5) is 10.1 Å². The second-order valence-electron chi connectivity index (χ2n) is 4.14. The van der Waals surface area contributed by atoms with Crippen LogP contribution in [-0.4, -0.2) is 13.5 Å². The van der Waals surface area contributed by atoms with E-state index in [0.29, 0.717) is 0 Å². The van der Waals surface area contributed by atoms with Crippen LogP contribution in [0.2, 0.25) is 10.0 Å². The topological polar surface area (TPSA) is 66.4 Å². The summed E-state index contributed by atoms with van der Waals surface area (Å²) in [4.78, 5) is -0.220. The minimum Gasteiger partial charge on any atom is -0.392 e. The second-order valence-corrected chi connectivity index (χ2v) is 6.61. The van der Waals surface area contributed by atoms with Gasteiger partial charge in [0.1, 0.15) is 10.7 Å². The molecule has 0 radical (unpaired) electrons. The van der Waals surface area contributed by atoms with Crippen molar-refractivity contribution in [1.82, 2.24) is 0 Å². The number of rotatable bonds is 4. The maximum Gasteiger partial charge on any atom is 0.263 e. The van der Waals surface area contributed by atoms with Crippen molar-refractivity contribution in [2.45, 2.75) is 11.5 Å². The first-order valence-corrected chi connectivity index (χ1v) is 7.94. The lowest BCUT2D eigenvalue weighted by Crippen LogP contribution is -2.14. The summed E-state index contributed by atoms with van der Waals surface area (Å²) in [5.41, 5.74) is 0.425. The highest BCUT2D eigenvalue weighted by Crippen LogP contribution is 2.30. The Kier molecular flexibility index (Phi) is 4.73. The fraction of sp³-hybridized carbons (Fsp3) is 0.0769. The van der Waals surface area contributed by atoms with E-state index in [2.05, 4.69) is 4.72 Å². The Balaban J connectivity index is 2.42. The lowest BCUT2D eigenvalue weighted by molar-refractivity contribution is 0.281. The lowest BCUT2D eigenvalue weighted by Gasteiger charge is -2.11. The molecule has 0 aliphatic rings. The van der Waals surface area contributed by atoms with Gasteiger partial charge in [-0.2, -0.15) is 0 Å². The number of anilines is 1. The zero-order valence-electron chi connectivity index (χ0n) is 10.5. The number of benzene rings is 2. The Bertz CT molecular complexity index is 764. The summed E-state index contributed by atoms with van der Waals surface area (Å²) in [5, 5.41) is 9.23. The van der Waals surface area contributed by atoms with Gasteiger partial charge in [0.15, 0.2) is 0 Å². The minimum atomic E-state index is -3.98. The van der Waals surface area contributed by atoms with Crippen molar-refractivity contribution in [3.63, 3.8) is 0 Å². The van der Waals surface area contributed by atoms with Gasteiger partial charge in [0.25, 0.3) is 10.0 Å². The molecule has 0 amide bonds. The first-order valence-electron chi connectivity index (χ1n) is 5.70. The van der Waals surface area contributed by atoms with Crippen molar-refractivity contribution >= 4 is 38.9 Å². The fourth-order valence-electron chi connectivity index (χ4n) is 1.63. The second kappa shape index (κ2) is 6.19. The van der Waals surface area contributed by atoms with Gasteiger partial charge in [0, 0.05) is 10.7 Å². The smallest absolute Gasteiger partial charge is 0.263 e. The molecule has 0 fully saturated rings. The van der Waals surface area contributed by atoms with Crippen molar-refractivity contribution in [2.75, 3.05) is 4.72 Å². The predicted molar refractivity (Wildman–Crippen MR) is 79.6 cm³/mol. The predicted octanol–water partition coefficient (Wildman–Crippen LogP) is 3.43. The molecule has 0 saturated carbocycles. The normalized spacial score (nSPS) is 11.4. The summed E-state index contributed by atoms with van der Waals surface area (Å²) in [6.07, 6.45) is 0. The van der Waals surface area contributed by atoms with E-state index in [1.807, 2.05) is 0 Å². The third-order valence-electron chi connectivity index (χ3n) is 2.66. The monoisotopic (exact) mass is 349 g/mol. The van der Waals surface area contributed by atoms with Crippen LogP contribution >= 0.6 is 23.2 Å². The summed E-state index contributed by atoms with van der Waals surface area (Å²) in [7, 11) is -3.98. The van der Waals surface area contributed by atoms with Gasteiger partial charge >= 0.3 is 0 Å². The van der Waals surface area contributed by atoms with E-state index in [1.165, 1.54) is 24.3 Å². The summed E-state index contributed by atoms with van der Waals surface area (Å²) >= 11 is 11.7. The molecule has 0 spiro atoms. The molecule has 0 aromatic heterocycles. The summed E-state index contributed by atoms with van der Waals surface area (Å²) in [5.74, 6) is -0.481. The van der Waals surface area contributed by atoms with Crippen LogP contribution < -0.4 is 4.72 Å². The Morgan fingerprint density at radius 1 is 1.10 bits per heavy atom. The van der Waals surface area contributed by atoms with Crippen molar-refractivity contribution < 1.29 is 17.9 Å². The van der Waals surface area contributed by atoms with E-state index < -0.39 is 22.4 Å². The number of hydrogen-bond donors (Lipinski definition) is 2. The molecule has 112 valence electrons. The van der Waals surface area contributed by atoms with Gasteiger partial charge in [-0.05, 0) is 42.0 Å². The van der Waals surface area contributed by atoms with E-state index in [0.717, 1.165) is 12.1 Å². The Labute approximate surface area is 131 Å². The summed E-state index contributed by atoms with van der Waals surface area (Å²) in [6, 6.07) is 7.25. The number of nitrogens with one attached hydrogen (secondary N) is 1. The highest BCUT2D eigenvalue weighted by Gasteiger charge is 2.20. The molecule has 2 N–H and O–H groups in total. The maximum atomic E-state index is 12.8. The highest BCUT2D eigenvalue weighted by atomic mass is 35.5. The van der Waals surface area contributed by atoms with Crippen LogP contribution in [0.5, 0.6) is 0 Å². The van der Waals surface area contributed by atoms with Crippen molar-refractivity contribution in [1.29, 1.82) is 0 Å². The molecule has 2 aromatic carbocycles. The molecular formula is C13H10Cl2FNO3S. The van der Waals surface area contributed by atoms with Gasteiger partial charge in [-0.25, -0.2) is 12.8 Å². The van der Waals surface area contributed by atoms with Gasteiger partial charge in [0.2, 0.25) is 0 Å². The Morgan fingerprint density at radius 3 is 2.29 bits per heavy atom. The Hall–Kier alpha value is -1.34. The molecular weight excluding hydrogens is 340 g/mol. The third-order valence-corrected chi connectivity index (χ3v) is 4.86. The lowest BCUT2D eigenvalue weighted by atomic mass is 10.2. The number of aliphatic hydroxyl groups is 1. The van der Waals surface area contributed by atoms with E-state index in [-0.39, 0.29) is 26.2 Å². The molecule has 0 aliphatic heterocycles. The van der Waals surface area contributed by atoms with Crippen LogP contribution in [-0.2, 0) is 16.6 Å². The third kappa shape index (κ3) is 3.65. The average molecular weight is 350 g/mol. The molecule has 0 bridgehead atoms. The van der Waals surface area contributed by atoms with Gasteiger partial charge in [0.05, 0.1) is 11.6 Å². The van der Waals surface area contributed by atoms with Gasteiger partial charge in [-0.3, -0.25) is 4.72 Å².